The zero-order valence-electron chi connectivity index (χ0n) is 10.2. The standard InChI is InChI=1S/C14H17N3/c1-12(14-4-3-7-16-10-14)17(2)11-13-5-8-15-9-6-13/h3-10,12H,11H2,1-2H3. The second-order valence-corrected chi connectivity index (χ2v) is 4.23. The van der Waals surface area contributed by atoms with E-state index in [4.69, 9.17) is 0 Å². The molecule has 0 amide bonds. The highest BCUT2D eigenvalue weighted by Crippen LogP contribution is 2.19. The Morgan fingerprint density at radius 1 is 1.12 bits per heavy atom. The maximum atomic E-state index is 4.16. The third-order valence-corrected chi connectivity index (χ3v) is 3.01. The summed E-state index contributed by atoms with van der Waals surface area (Å²) in [6.45, 7) is 3.11. The van der Waals surface area contributed by atoms with E-state index < -0.39 is 0 Å². The maximum absolute atomic E-state index is 4.16. The molecule has 1 unspecified atom stereocenters. The molecule has 88 valence electrons. The number of nitrogens with zero attached hydrogens (tertiary/aromatic N) is 3. The smallest absolute Gasteiger partial charge is 0.0335 e. The number of hydrogen-bond acceptors (Lipinski definition) is 3. The molecule has 2 heterocycles. The fourth-order valence-corrected chi connectivity index (χ4v) is 1.79. The van der Waals surface area contributed by atoms with Gasteiger partial charge in [0.2, 0.25) is 0 Å². The summed E-state index contributed by atoms with van der Waals surface area (Å²) in [5.41, 5.74) is 2.52. The van der Waals surface area contributed by atoms with Crippen molar-refractivity contribution in [3.8, 4) is 0 Å². The molecule has 2 aromatic rings. The SMILES string of the molecule is CC(c1cccnc1)N(C)Cc1ccncc1. The molecule has 0 aliphatic heterocycles. The summed E-state index contributed by atoms with van der Waals surface area (Å²) < 4.78 is 0. The molecular weight excluding hydrogens is 210 g/mol. The molecule has 0 fully saturated rings. The van der Waals surface area contributed by atoms with E-state index in [0.717, 1.165) is 6.54 Å². The number of aromatic nitrogens is 2. The van der Waals surface area contributed by atoms with Gasteiger partial charge in [-0.2, -0.15) is 0 Å². The Hall–Kier alpha value is -1.74. The van der Waals surface area contributed by atoms with Gasteiger partial charge >= 0.3 is 0 Å². The van der Waals surface area contributed by atoms with Crippen molar-refractivity contribution >= 4 is 0 Å². The fourth-order valence-electron chi connectivity index (χ4n) is 1.79. The first kappa shape index (κ1) is 11.7. The molecule has 0 N–H and O–H groups in total. The van der Waals surface area contributed by atoms with Crippen LogP contribution in [0.3, 0.4) is 0 Å². The van der Waals surface area contributed by atoms with Crippen LogP contribution >= 0.6 is 0 Å². The van der Waals surface area contributed by atoms with Gasteiger partial charge in [0.1, 0.15) is 0 Å². The van der Waals surface area contributed by atoms with Gasteiger partial charge in [0.25, 0.3) is 0 Å². The molecule has 0 spiro atoms. The summed E-state index contributed by atoms with van der Waals surface area (Å²) in [5.74, 6) is 0. The maximum Gasteiger partial charge on any atom is 0.0335 e. The quantitative estimate of drug-likeness (QED) is 0.804. The lowest BCUT2D eigenvalue weighted by atomic mass is 10.1. The highest BCUT2D eigenvalue weighted by molar-refractivity contribution is 5.14. The highest BCUT2D eigenvalue weighted by Gasteiger charge is 2.11. The van der Waals surface area contributed by atoms with Crippen molar-refractivity contribution in [3.63, 3.8) is 0 Å². The average Bonchev–Trinajstić information content (AvgIpc) is 2.40. The summed E-state index contributed by atoms with van der Waals surface area (Å²) in [6, 6.07) is 8.54. The zero-order chi connectivity index (χ0) is 12.1. The largest absolute Gasteiger partial charge is 0.295 e. The van der Waals surface area contributed by atoms with Gasteiger partial charge in [-0.1, -0.05) is 6.07 Å². The Morgan fingerprint density at radius 2 is 1.88 bits per heavy atom. The first-order valence-corrected chi connectivity index (χ1v) is 5.76. The van der Waals surface area contributed by atoms with Crippen LogP contribution in [-0.4, -0.2) is 21.9 Å². The molecule has 2 aromatic heterocycles. The van der Waals surface area contributed by atoms with Crippen LogP contribution in [0, 0.1) is 0 Å². The minimum Gasteiger partial charge on any atom is -0.295 e. The Labute approximate surface area is 102 Å². The molecule has 3 heteroatoms. The average molecular weight is 227 g/mol. The van der Waals surface area contributed by atoms with E-state index in [2.05, 4.69) is 34.9 Å². The van der Waals surface area contributed by atoms with Crippen LogP contribution in [0.25, 0.3) is 0 Å². The van der Waals surface area contributed by atoms with Gasteiger partial charge < -0.3 is 0 Å². The molecule has 1 atom stereocenters. The van der Waals surface area contributed by atoms with Gasteiger partial charge in [0.15, 0.2) is 0 Å². The van der Waals surface area contributed by atoms with Gasteiger partial charge in [-0.3, -0.25) is 14.9 Å². The lowest BCUT2D eigenvalue weighted by Crippen LogP contribution is -2.21. The molecule has 3 nitrogen and oxygen atoms in total. The molecule has 0 saturated carbocycles. The van der Waals surface area contributed by atoms with E-state index >= 15 is 0 Å². The Kier molecular flexibility index (Phi) is 3.83. The summed E-state index contributed by atoms with van der Waals surface area (Å²) in [5, 5.41) is 0. The van der Waals surface area contributed by atoms with Gasteiger partial charge in [-0.05, 0) is 43.3 Å². The summed E-state index contributed by atoms with van der Waals surface area (Å²) in [6.07, 6.45) is 7.39. The first-order valence-electron chi connectivity index (χ1n) is 5.76. The lowest BCUT2D eigenvalue weighted by Gasteiger charge is -2.24. The van der Waals surface area contributed by atoms with E-state index in [9.17, 15) is 0 Å². The van der Waals surface area contributed by atoms with Crippen LogP contribution in [0.15, 0.2) is 49.1 Å². The highest BCUT2D eigenvalue weighted by atomic mass is 15.1. The molecule has 0 aliphatic rings. The van der Waals surface area contributed by atoms with Crippen LogP contribution in [0.2, 0.25) is 0 Å². The van der Waals surface area contributed by atoms with E-state index in [0.29, 0.717) is 6.04 Å². The van der Waals surface area contributed by atoms with E-state index in [1.54, 1.807) is 6.20 Å². The predicted octanol–water partition coefficient (Wildman–Crippen LogP) is 2.67. The van der Waals surface area contributed by atoms with Gasteiger partial charge in [-0.15, -0.1) is 0 Å². The van der Waals surface area contributed by atoms with E-state index in [-0.39, 0.29) is 0 Å². The minimum absolute atomic E-state index is 0.358. The summed E-state index contributed by atoms with van der Waals surface area (Å²) in [7, 11) is 2.12. The molecule has 0 aliphatic carbocycles. The molecule has 0 aromatic carbocycles. The molecule has 0 bridgehead atoms. The Bertz CT molecular complexity index is 442. The fraction of sp³-hybridized carbons (Fsp3) is 0.286. The molecule has 0 radical (unpaired) electrons. The monoisotopic (exact) mass is 227 g/mol. The molecule has 2 rings (SSSR count). The van der Waals surface area contributed by atoms with Crippen LogP contribution in [0.4, 0.5) is 0 Å². The second kappa shape index (κ2) is 5.55. The second-order valence-electron chi connectivity index (χ2n) is 4.23. The minimum atomic E-state index is 0.358. The van der Waals surface area contributed by atoms with Crippen LogP contribution in [0.5, 0.6) is 0 Å². The molecule has 17 heavy (non-hydrogen) atoms. The van der Waals surface area contributed by atoms with Crippen molar-refractivity contribution in [2.24, 2.45) is 0 Å². The van der Waals surface area contributed by atoms with Gasteiger partial charge in [0, 0.05) is 37.4 Å². The molecule has 0 saturated heterocycles. The Balaban J connectivity index is 2.03. The van der Waals surface area contributed by atoms with Gasteiger partial charge in [0.05, 0.1) is 0 Å². The van der Waals surface area contributed by atoms with Crippen molar-refractivity contribution in [2.45, 2.75) is 19.5 Å². The topological polar surface area (TPSA) is 29.0 Å². The van der Waals surface area contributed by atoms with E-state index in [1.165, 1.54) is 11.1 Å². The third-order valence-electron chi connectivity index (χ3n) is 3.01. The number of hydrogen-bond donors (Lipinski definition) is 0. The lowest BCUT2D eigenvalue weighted by molar-refractivity contribution is 0.252. The van der Waals surface area contributed by atoms with Crippen LogP contribution in [-0.2, 0) is 6.54 Å². The predicted molar refractivity (Wildman–Crippen MR) is 68.4 cm³/mol. The molecular formula is C14H17N3. The normalized spacial score (nSPS) is 12.6. The summed E-state index contributed by atoms with van der Waals surface area (Å²) in [4.78, 5) is 10.5. The third kappa shape index (κ3) is 3.11. The van der Waals surface area contributed by atoms with Crippen molar-refractivity contribution in [3.05, 3.63) is 60.2 Å². The first-order chi connectivity index (χ1) is 8.27. The Morgan fingerprint density at radius 3 is 2.53 bits per heavy atom. The zero-order valence-corrected chi connectivity index (χ0v) is 10.2. The number of rotatable bonds is 4. The number of pyridine rings is 2. The van der Waals surface area contributed by atoms with Crippen molar-refractivity contribution in [2.75, 3.05) is 7.05 Å². The van der Waals surface area contributed by atoms with Crippen molar-refractivity contribution in [1.29, 1.82) is 0 Å². The van der Waals surface area contributed by atoms with Crippen LogP contribution < -0.4 is 0 Å². The van der Waals surface area contributed by atoms with Crippen LogP contribution in [0.1, 0.15) is 24.1 Å². The van der Waals surface area contributed by atoms with E-state index in [1.807, 2.05) is 36.8 Å². The van der Waals surface area contributed by atoms with Gasteiger partial charge in [-0.25, -0.2) is 0 Å². The summed E-state index contributed by atoms with van der Waals surface area (Å²) >= 11 is 0. The van der Waals surface area contributed by atoms with Crippen molar-refractivity contribution in [1.82, 2.24) is 14.9 Å². The van der Waals surface area contributed by atoms with Crippen molar-refractivity contribution < 1.29 is 0 Å².